The van der Waals surface area contributed by atoms with Crippen LogP contribution in [0, 0.1) is 5.82 Å². The molecule has 1 heterocycles. The highest BCUT2D eigenvalue weighted by Gasteiger charge is 2.33. The van der Waals surface area contributed by atoms with Crippen LogP contribution in [0.4, 0.5) is 9.18 Å². The van der Waals surface area contributed by atoms with Crippen molar-refractivity contribution >= 4 is 17.7 Å². The second kappa shape index (κ2) is 6.20. The van der Waals surface area contributed by atoms with Gasteiger partial charge in [0.05, 0.1) is 0 Å². The van der Waals surface area contributed by atoms with E-state index >= 15 is 0 Å². The summed E-state index contributed by atoms with van der Waals surface area (Å²) in [5.41, 5.74) is 0.309. The van der Waals surface area contributed by atoms with Gasteiger partial charge in [-0.05, 0) is 44.5 Å². The number of likely N-dealkylation sites (tertiary alicyclic amines) is 1. The summed E-state index contributed by atoms with van der Waals surface area (Å²) in [5.74, 6) is -0.344. The van der Waals surface area contributed by atoms with Gasteiger partial charge in [-0.1, -0.05) is 11.6 Å². The van der Waals surface area contributed by atoms with Gasteiger partial charge in [0.25, 0.3) is 0 Å². The molecule has 1 saturated heterocycles. The van der Waals surface area contributed by atoms with Crippen LogP contribution in [0.3, 0.4) is 0 Å². The van der Waals surface area contributed by atoms with Gasteiger partial charge in [0.2, 0.25) is 0 Å². The quantitative estimate of drug-likeness (QED) is 0.931. The molecule has 4 nitrogen and oxygen atoms in total. The maximum Gasteiger partial charge on any atom is 0.410 e. The van der Waals surface area contributed by atoms with Crippen molar-refractivity contribution in [2.45, 2.75) is 39.0 Å². The predicted octanol–water partition coefficient (Wildman–Crippen LogP) is 3.19. The van der Waals surface area contributed by atoms with E-state index in [1.807, 2.05) is 20.8 Å². The Labute approximate surface area is 129 Å². The van der Waals surface area contributed by atoms with E-state index in [1.54, 1.807) is 11.0 Å². The molecule has 0 saturated carbocycles. The van der Waals surface area contributed by atoms with Crippen molar-refractivity contribution in [3.63, 3.8) is 0 Å². The maximum atomic E-state index is 13.2. The second-order valence-corrected chi connectivity index (χ2v) is 6.68. The molecule has 1 amide bonds. The number of ether oxygens (including phenoxy) is 1. The van der Waals surface area contributed by atoms with Crippen LogP contribution in [0.5, 0.6) is 0 Å². The van der Waals surface area contributed by atoms with Gasteiger partial charge in [0, 0.05) is 30.7 Å². The molecule has 1 aromatic rings. The van der Waals surface area contributed by atoms with E-state index in [4.69, 9.17) is 16.3 Å². The molecular formula is C15H20ClFN2O2. The number of rotatable bonds is 3. The molecule has 1 aliphatic rings. The molecule has 1 aliphatic heterocycles. The van der Waals surface area contributed by atoms with Gasteiger partial charge in [0.1, 0.15) is 11.4 Å². The molecule has 21 heavy (non-hydrogen) atoms. The van der Waals surface area contributed by atoms with Gasteiger partial charge in [-0.3, -0.25) is 0 Å². The normalized spacial score (nSPS) is 15.8. The molecule has 1 fully saturated rings. The number of hydrogen-bond donors (Lipinski definition) is 1. The summed E-state index contributed by atoms with van der Waals surface area (Å²) in [6.07, 6.45) is -0.297. The van der Waals surface area contributed by atoms with Crippen LogP contribution in [0.1, 0.15) is 26.3 Å². The first-order chi connectivity index (χ1) is 9.73. The first-order valence-corrected chi connectivity index (χ1v) is 7.27. The molecule has 1 N–H and O–H groups in total. The SMILES string of the molecule is CC(C)(C)OC(=O)N1CC(NCc2cc(F)cc(Cl)c2)C1. The van der Waals surface area contributed by atoms with Crippen molar-refractivity contribution in [1.29, 1.82) is 0 Å². The first kappa shape index (κ1) is 16.0. The Hall–Kier alpha value is -1.33. The molecule has 0 aliphatic carbocycles. The van der Waals surface area contributed by atoms with Crippen LogP contribution in [0.2, 0.25) is 5.02 Å². The zero-order valence-electron chi connectivity index (χ0n) is 12.5. The van der Waals surface area contributed by atoms with E-state index in [0.717, 1.165) is 5.56 Å². The van der Waals surface area contributed by atoms with Crippen LogP contribution in [-0.2, 0) is 11.3 Å². The van der Waals surface area contributed by atoms with E-state index in [1.165, 1.54) is 12.1 Å². The van der Waals surface area contributed by atoms with Gasteiger partial charge in [-0.15, -0.1) is 0 Å². The van der Waals surface area contributed by atoms with Crippen molar-refractivity contribution < 1.29 is 13.9 Å². The molecule has 0 spiro atoms. The van der Waals surface area contributed by atoms with E-state index in [-0.39, 0.29) is 18.0 Å². The van der Waals surface area contributed by atoms with Crippen LogP contribution in [0.25, 0.3) is 0 Å². The molecule has 0 atom stereocenters. The Morgan fingerprint density at radius 2 is 2.10 bits per heavy atom. The van der Waals surface area contributed by atoms with E-state index < -0.39 is 5.60 Å². The highest BCUT2D eigenvalue weighted by molar-refractivity contribution is 6.30. The molecule has 116 valence electrons. The molecule has 1 aromatic carbocycles. The minimum Gasteiger partial charge on any atom is -0.444 e. The second-order valence-electron chi connectivity index (χ2n) is 6.24. The smallest absolute Gasteiger partial charge is 0.410 e. The number of amides is 1. The number of nitrogens with zero attached hydrogens (tertiary/aromatic N) is 1. The number of halogens is 2. The Morgan fingerprint density at radius 3 is 2.67 bits per heavy atom. The highest BCUT2D eigenvalue weighted by atomic mass is 35.5. The summed E-state index contributed by atoms with van der Waals surface area (Å²) >= 11 is 5.80. The van der Waals surface area contributed by atoms with Crippen LogP contribution in [-0.4, -0.2) is 35.7 Å². The van der Waals surface area contributed by atoms with Crippen molar-refractivity contribution in [2.75, 3.05) is 13.1 Å². The van der Waals surface area contributed by atoms with Crippen molar-refractivity contribution in [2.24, 2.45) is 0 Å². The lowest BCUT2D eigenvalue weighted by Crippen LogP contribution is -2.60. The van der Waals surface area contributed by atoms with E-state index in [2.05, 4.69) is 5.32 Å². The zero-order valence-corrected chi connectivity index (χ0v) is 13.2. The van der Waals surface area contributed by atoms with Crippen molar-refractivity contribution in [3.05, 3.63) is 34.6 Å². The van der Waals surface area contributed by atoms with Gasteiger partial charge in [-0.2, -0.15) is 0 Å². The van der Waals surface area contributed by atoms with Gasteiger partial charge < -0.3 is 15.0 Å². The summed E-state index contributed by atoms with van der Waals surface area (Å²) in [7, 11) is 0. The first-order valence-electron chi connectivity index (χ1n) is 6.89. The monoisotopic (exact) mass is 314 g/mol. The Morgan fingerprint density at radius 1 is 1.43 bits per heavy atom. The zero-order chi connectivity index (χ0) is 15.6. The lowest BCUT2D eigenvalue weighted by Gasteiger charge is -2.40. The van der Waals surface area contributed by atoms with Crippen molar-refractivity contribution in [3.8, 4) is 0 Å². The molecule has 2 rings (SSSR count). The van der Waals surface area contributed by atoms with Gasteiger partial charge in [0.15, 0.2) is 0 Å². The van der Waals surface area contributed by atoms with E-state index in [9.17, 15) is 9.18 Å². The van der Waals surface area contributed by atoms with Crippen molar-refractivity contribution in [1.82, 2.24) is 10.2 Å². The minimum absolute atomic E-state index is 0.194. The lowest BCUT2D eigenvalue weighted by molar-refractivity contribution is 0.00519. The number of benzene rings is 1. The molecular weight excluding hydrogens is 295 g/mol. The summed E-state index contributed by atoms with van der Waals surface area (Å²) in [6, 6.07) is 4.64. The average molecular weight is 315 g/mol. The highest BCUT2D eigenvalue weighted by Crippen LogP contribution is 2.17. The third-order valence-electron chi connectivity index (χ3n) is 3.05. The maximum absolute atomic E-state index is 13.2. The standard InChI is InChI=1S/C15H20ClFN2O2/c1-15(2,3)21-14(20)19-8-13(9-19)18-7-10-4-11(16)6-12(17)5-10/h4-6,13,18H,7-9H2,1-3H3. The average Bonchev–Trinajstić information content (AvgIpc) is 2.22. The Balaban J connectivity index is 1.74. The fourth-order valence-electron chi connectivity index (χ4n) is 2.06. The molecule has 0 radical (unpaired) electrons. The van der Waals surface area contributed by atoms with Crippen LogP contribution >= 0.6 is 11.6 Å². The Bertz CT molecular complexity index is 505. The fourth-order valence-corrected chi connectivity index (χ4v) is 2.30. The summed E-state index contributed by atoms with van der Waals surface area (Å²) in [4.78, 5) is 13.4. The molecule has 0 aromatic heterocycles. The summed E-state index contributed by atoms with van der Waals surface area (Å²) in [6.45, 7) is 7.23. The fraction of sp³-hybridized carbons (Fsp3) is 0.533. The number of nitrogens with one attached hydrogen (secondary N) is 1. The van der Waals surface area contributed by atoms with Gasteiger partial charge >= 0.3 is 6.09 Å². The molecule has 0 unspecified atom stereocenters. The summed E-state index contributed by atoms with van der Waals surface area (Å²) < 4.78 is 18.5. The Kier molecular flexibility index (Phi) is 4.74. The lowest BCUT2D eigenvalue weighted by atomic mass is 10.1. The summed E-state index contributed by atoms with van der Waals surface area (Å²) in [5, 5.41) is 3.65. The molecule has 6 heteroatoms. The predicted molar refractivity (Wildman–Crippen MR) is 79.8 cm³/mol. The number of hydrogen-bond acceptors (Lipinski definition) is 3. The largest absolute Gasteiger partial charge is 0.444 e. The van der Waals surface area contributed by atoms with E-state index in [0.29, 0.717) is 24.7 Å². The van der Waals surface area contributed by atoms with Gasteiger partial charge in [-0.25, -0.2) is 9.18 Å². The third-order valence-corrected chi connectivity index (χ3v) is 3.27. The number of carbonyl (C=O) groups excluding carboxylic acids is 1. The molecule has 0 bridgehead atoms. The van der Waals surface area contributed by atoms with Crippen LogP contribution < -0.4 is 5.32 Å². The third kappa shape index (κ3) is 4.86. The minimum atomic E-state index is -0.478. The van der Waals surface area contributed by atoms with Crippen LogP contribution in [0.15, 0.2) is 18.2 Å². The topological polar surface area (TPSA) is 41.6 Å². The number of carbonyl (C=O) groups is 1.